The number of nitriles is 1. The topological polar surface area (TPSA) is 70.0 Å². The van der Waals surface area contributed by atoms with Crippen LogP contribution in [0.3, 0.4) is 0 Å². The maximum absolute atomic E-state index is 13.2. The van der Waals surface area contributed by atoms with Crippen LogP contribution in [0, 0.1) is 23.1 Å². The van der Waals surface area contributed by atoms with Crippen molar-refractivity contribution < 1.29 is 9.50 Å². The second-order valence-electron chi connectivity index (χ2n) is 4.92. The van der Waals surface area contributed by atoms with E-state index in [1.165, 1.54) is 18.2 Å². The third kappa shape index (κ3) is 5.15. The van der Waals surface area contributed by atoms with Crippen LogP contribution in [-0.2, 0) is 0 Å². The first-order chi connectivity index (χ1) is 8.45. The monoisotopic (exact) mass is 286 g/mol. The van der Waals surface area contributed by atoms with Gasteiger partial charge >= 0.3 is 0 Å². The van der Waals surface area contributed by atoms with Crippen LogP contribution >= 0.6 is 12.4 Å². The molecular weight excluding hydrogens is 267 g/mol. The number of nitrogens with two attached hydrogens (primary N) is 1. The van der Waals surface area contributed by atoms with Crippen LogP contribution in [0.15, 0.2) is 18.2 Å². The van der Waals surface area contributed by atoms with Gasteiger partial charge < -0.3 is 10.8 Å². The van der Waals surface area contributed by atoms with Gasteiger partial charge in [-0.25, -0.2) is 4.39 Å². The number of rotatable bonds is 5. The number of halogens is 2. The Bertz CT molecular complexity index is 446. The average Bonchev–Trinajstić information content (AvgIpc) is 2.35. The van der Waals surface area contributed by atoms with Crippen LogP contribution in [0.4, 0.5) is 4.39 Å². The van der Waals surface area contributed by atoms with E-state index in [2.05, 4.69) is 13.8 Å². The van der Waals surface area contributed by atoms with Crippen molar-refractivity contribution in [3.8, 4) is 6.07 Å². The molecule has 1 rings (SSSR count). The highest BCUT2D eigenvalue weighted by atomic mass is 35.5. The molecule has 3 nitrogen and oxygen atoms in total. The fraction of sp³-hybridized carbons (Fsp3) is 0.500. The van der Waals surface area contributed by atoms with Gasteiger partial charge in [0.2, 0.25) is 0 Å². The van der Waals surface area contributed by atoms with Gasteiger partial charge in [-0.3, -0.25) is 0 Å². The zero-order chi connectivity index (χ0) is 13.7. The minimum Gasteiger partial charge on any atom is -0.391 e. The predicted molar refractivity (Wildman–Crippen MR) is 75.4 cm³/mol. The number of aliphatic hydroxyl groups excluding tert-OH is 1. The Morgan fingerprint density at radius 2 is 2.00 bits per heavy atom. The first-order valence-corrected chi connectivity index (χ1v) is 6.09. The number of hydrogen-bond donors (Lipinski definition) is 2. The SMILES string of the molecule is CC(C)CC[C@@H](O)[C@@H](N)c1ccc(F)c(C#N)c1.Cl. The molecule has 0 radical (unpaired) electrons. The predicted octanol–water partition coefficient (Wildman–Crippen LogP) is 2.92. The molecule has 0 bridgehead atoms. The van der Waals surface area contributed by atoms with Crippen molar-refractivity contribution in [2.24, 2.45) is 11.7 Å². The van der Waals surface area contributed by atoms with Crippen LogP contribution in [0.5, 0.6) is 0 Å². The summed E-state index contributed by atoms with van der Waals surface area (Å²) in [5, 5.41) is 18.7. The van der Waals surface area contributed by atoms with E-state index < -0.39 is 18.0 Å². The van der Waals surface area contributed by atoms with Crippen molar-refractivity contribution in [2.45, 2.75) is 38.8 Å². The second-order valence-corrected chi connectivity index (χ2v) is 4.92. The molecular formula is C14H20ClFN2O. The normalized spacial score (nSPS) is 13.5. The van der Waals surface area contributed by atoms with Gasteiger partial charge in [-0.15, -0.1) is 12.4 Å². The molecule has 1 aromatic carbocycles. The van der Waals surface area contributed by atoms with E-state index in [1.807, 2.05) is 0 Å². The molecule has 0 saturated heterocycles. The summed E-state index contributed by atoms with van der Waals surface area (Å²) < 4.78 is 13.2. The van der Waals surface area contributed by atoms with E-state index >= 15 is 0 Å². The first-order valence-electron chi connectivity index (χ1n) is 6.09. The quantitative estimate of drug-likeness (QED) is 0.874. The lowest BCUT2D eigenvalue weighted by molar-refractivity contribution is 0.128. The molecule has 0 amide bonds. The fourth-order valence-corrected chi connectivity index (χ4v) is 1.74. The summed E-state index contributed by atoms with van der Waals surface area (Å²) in [5.74, 6) is -0.0696. The van der Waals surface area contributed by atoms with Crippen LogP contribution in [0.1, 0.15) is 43.9 Å². The molecule has 2 atom stereocenters. The van der Waals surface area contributed by atoms with Crippen molar-refractivity contribution in [3.63, 3.8) is 0 Å². The second kappa shape index (κ2) is 8.11. The lowest BCUT2D eigenvalue weighted by Crippen LogP contribution is -2.26. The molecule has 0 aromatic heterocycles. The Morgan fingerprint density at radius 1 is 1.37 bits per heavy atom. The summed E-state index contributed by atoms with van der Waals surface area (Å²) in [7, 11) is 0. The summed E-state index contributed by atoms with van der Waals surface area (Å²) in [4.78, 5) is 0. The summed E-state index contributed by atoms with van der Waals surface area (Å²) in [6.07, 6.45) is 0.795. The molecule has 0 fully saturated rings. The van der Waals surface area contributed by atoms with Crippen LogP contribution in [0.2, 0.25) is 0 Å². The Hall–Kier alpha value is -1.15. The van der Waals surface area contributed by atoms with Crippen LogP contribution in [0.25, 0.3) is 0 Å². The van der Waals surface area contributed by atoms with Gasteiger partial charge in [0.05, 0.1) is 17.7 Å². The average molecular weight is 287 g/mol. The number of aliphatic hydroxyl groups is 1. The number of benzene rings is 1. The maximum Gasteiger partial charge on any atom is 0.140 e. The summed E-state index contributed by atoms with van der Waals surface area (Å²) in [5.41, 5.74) is 6.46. The standard InChI is InChI=1S/C14H19FN2O.ClH/c1-9(2)3-6-13(18)14(17)10-4-5-12(15)11(7-10)8-16;/h4-5,7,9,13-14,18H,3,6,17H2,1-2H3;1H/t13-,14+;/m1./s1. The highest BCUT2D eigenvalue weighted by molar-refractivity contribution is 5.85. The molecule has 0 aliphatic rings. The van der Waals surface area contributed by atoms with Gasteiger partial charge in [-0.05, 0) is 36.5 Å². The van der Waals surface area contributed by atoms with Crippen LogP contribution in [-0.4, -0.2) is 11.2 Å². The molecule has 1 aromatic rings. The van der Waals surface area contributed by atoms with Gasteiger partial charge in [0.15, 0.2) is 0 Å². The molecule has 0 spiro atoms. The van der Waals surface area contributed by atoms with Crippen molar-refractivity contribution >= 4 is 12.4 Å². The van der Waals surface area contributed by atoms with Gasteiger partial charge in [0.25, 0.3) is 0 Å². The number of hydrogen-bond acceptors (Lipinski definition) is 3. The van der Waals surface area contributed by atoms with Crippen molar-refractivity contribution in [1.82, 2.24) is 0 Å². The fourth-order valence-electron chi connectivity index (χ4n) is 1.74. The maximum atomic E-state index is 13.2. The molecule has 3 N–H and O–H groups in total. The zero-order valence-corrected chi connectivity index (χ0v) is 12.0. The minimum atomic E-state index is -0.676. The van der Waals surface area contributed by atoms with Gasteiger partial charge in [0.1, 0.15) is 11.9 Å². The lowest BCUT2D eigenvalue weighted by atomic mass is 9.95. The molecule has 0 saturated carbocycles. The Kier molecular flexibility index (Phi) is 7.62. The Morgan fingerprint density at radius 3 is 2.53 bits per heavy atom. The first kappa shape index (κ1) is 17.8. The molecule has 0 aliphatic heterocycles. The smallest absolute Gasteiger partial charge is 0.140 e. The Labute approximate surface area is 119 Å². The zero-order valence-electron chi connectivity index (χ0n) is 11.1. The largest absolute Gasteiger partial charge is 0.391 e. The third-order valence-electron chi connectivity index (χ3n) is 2.95. The van der Waals surface area contributed by atoms with Crippen molar-refractivity contribution in [3.05, 3.63) is 35.1 Å². The molecule has 19 heavy (non-hydrogen) atoms. The molecule has 0 aliphatic carbocycles. The Balaban J connectivity index is 0.00000324. The number of nitrogens with zero attached hydrogens (tertiary/aromatic N) is 1. The van der Waals surface area contributed by atoms with E-state index in [0.29, 0.717) is 17.9 Å². The highest BCUT2D eigenvalue weighted by Gasteiger charge is 2.18. The van der Waals surface area contributed by atoms with Gasteiger partial charge in [-0.1, -0.05) is 19.9 Å². The lowest BCUT2D eigenvalue weighted by Gasteiger charge is -2.20. The van der Waals surface area contributed by atoms with Crippen LogP contribution < -0.4 is 5.73 Å². The van der Waals surface area contributed by atoms with E-state index in [0.717, 1.165) is 6.42 Å². The molecule has 5 heteroatoms. The van der Waals surface area contributed by atoms with E-state index in [1.54, 1.807) is 6.07 Å². The van der Waals surface area contributed by atoms with E-state index in [-0.39, 0.29) is 18.0 Å². The molecule has 0 heterocycles. The summed E-state index contributed by atoms with van der Waals surface area (Å²) >= 11 is 0. The minimum absolute atomic E-state index is 0. The van der Waals surface area contributed by atoms with E-state index in [9.17, 15) is 9.50 Å². The molecule has 0 unspecified atom stereocenters. The van der Waals surface area contributed by atoms with E-state index in [4.69, 9.17) is 11.0 Å². The third-order valence-corrected chi connectivity index (χ3v) is 2.95. The summed E-state index contributed by atoms with van der Waals surface area (Å²) in [6.45, 7) is 4.15. The summed E-state index contributed by atoms with van der Waals surface area (Å²) in [6, 6.07) is 5.31. The molecule has 106 valence electrons. The van der Waals surface area contributed by atoms with Gasteiger partial charge in [-0.2, -0.15) is 5.26 Å². The van der Waals surface area contributed by atoms with Crippen molar-refractivity contribution in [1.29, 1.82) is 5.26 Å². The van der Waals surface area contributed by atoms with Gasteiger partial charge in [0, 0.05) is 0 Å². The highest BCUT2D eigenvalue weighted by Crippen LogP contribution is 2.21. The van der Waals surface area contributed by atoms with Crippen molar-refractivity contribution in [2.75, 3.05) is 0 Å².